The Labute approximate surface area is 91.2 Å². The lowest BCUT2D eigenvalue weighted by atomic mass is 10.00. The Bertz CT molecular complexity index is 356. The van der Waals surface area contributed by atoms with Crippen LogP contribution in [0.2, 0.25) is 0 Å². The minimum atomic E-state index is 0.473. The van der Waals surface area contributed by atoms with Gasteiger partial charge in [0.15, 0.2) is 11.5 Å². The van der Waals surface area contributed by atoms with Crippen LogP contribution in [0.4, 0.5) is 0 Å². The van der Waals surface area contributed by atoms with Gasteiger partial charge in [0.25, 0.3) is 0 Å². The molecule has 82 valence electrons. The van der Waals surface area contributed by atoms with Crippen LogP contribution in [0, 0.1) is 6.92 Å². The molecule has 2 heteroatoms. The molecule has 0 spiro atoms. The molecule has 1 aliphatic heterocycles. The molecule has 0 unspecified atom stereocenters. The number of benzene rings is 1. The van der Waals surface area contributed by atoms with E-state index in [4.69, 9.17) is 9.47 Å². The van der Waals surface area contributed by atoms with Gasteiger partial charge in [-0.25, -0.2) is 0 Å². The first-order chi connectivity index (χ1) is 7.20. The maximum atomic E-state index is 5.80. The van der Waals surface area contributed by atoms with Gasteiger partial charge >= 0.3 is 0 Å². The third-order valence-electron chi connectivity index (χ3n) is 2.74. The zero-order chi connectivity index (χ0) is 10.8. The minimum absolute atomic E-state index is 0.473. The molecule has 0 atom stereocenters. The molecule has 2 rings (SSSR count). The van der Waals surface area contributed by atoms with Crippen LogP contribution in [0.3, 0.4) is 0 Å². The molecule has 0 aromatic heterocycles. The molecule has 0 saturated heterocycles. The van der Waals surface area contributed by atoms with Gasteiger partial charge in [0.2, 0.25) is 0 Å². The molecule has 0 amide bonds. The van der Waals surface area contributed by atoms with E-state index in [9.17, 15) is 0 Å². The highest BCUT2D eigenvalue weighted by atomic mass is 16.5. The van der Waals surface area contributed by atoms with E-state index in [0.29, 0.717) is 5.92 Å². The molecule has 0 aliphatic carbocycles. The van der Waals surface area contributed by atoms with Gasteiger partial charge in [-0.2, -0.15) is 0 Å². The largest absolute Gasteiger partial charge is 0.489 e. The number of rotatable bonds is 1. The van der Waals surface area contributed by atoms with Gasteiger partial charge in [0.1, 0.15) is 0 Å². The van der Waals surface area contributed by atoms with E-state index in [2.05, 4.69) is 32.9 Å². The van der Waals surface area contributed by atoms with Crippen LogP contribution in [0.25, 0.3) is 0 Å². The van der Waals surface area contributed by atoms with Crippen molar-refractivity contribution in [3.05, 3.63) is 23.3 Å². The van der Waals surface area contributed by atoms with Crippen LogP contribution in [0.1, 0.15) is 37.3 Å². The van der Waals surface area contributed by atoms with Crippen molar-refractivity contribution in [3.63, 3.8) is 0 Å². The van der Waals surface area contributed by atoms with Gasteiger partial charge in [-0.15, -0.1) is 0 Å². The van der Waals surface area contributed by atoms with Crippen molar-refractivity contribution >= 4 is 0 Å². The molecule has 1 aromatic rings. The first-order valence-electron chi connectivity index (χ1n) is 5.59. The summed E-state index contributed by atoms with van der Waals surface area (Å²) in [5, 5.41) is 0. The monoisotopic (exact) mass is 206 g/mol. The van der Waals surface area contributed by atoms with Crippen molar-refractivity contribution in [1.82, 2.24) is 0 Å². The lowest BCUT2D eigenvalue weighted by Gasteiger charge is -2.16. The van der Waals surface area contributed by atoms with Crippen molar-refractivity contribution in [3.8, 4) is 11.5 Å². The highest BCUT2D eigenvalue weighted by Crippen LogP contribution is 2.39. The fourth-order valence-electron chi connectivity index (χ4n) is 1.87. The van der Waals surface area contributed by atoms with E-state index in [-0.39, 0.29) is 0 Å². The SMILES string of the molecule is Cc1ccc(C(C)C)c2c1OCCCO2. The summed E-state index contributed by atoms with van der Waals surface area (Å²) in [5.41, 5.74) is 2.41. The topological polar surface area (TPSA) is 18.5 Å². The second-order valence-electron chi connectivity index (χ2n) is 4.34. The van der Waals surface area contributed by atoms with E-state index in [1.54, 1.807) is 0 Å². The van der Waals surface area contributed by atoms with E-state index < -0.39 is 0 Å². The van der Waals surface area contributed by atoms with Crippen molar-refractivity contribution in [2.24, 2.45) is 0 Å². The van der Waals surface area contributed by atoms with Crippen molar-refractivity contribution in [2.75, 3.05) is 13.2 Å². The highest BCUT2D eigenvalue weighted by Gasteiger charge is 2.18. The Morgan fingerprint density at radius 1 is 1.07 bits per heavy atom. The highest BCUT2D eigenvalue weighted by molar-refractivity contribution is 5.52. The van der Waals surface area contributed by atoms with Crippen LogP contribution in [-0.2, 0) is 0 Å². The Kier molecular flexibility index (Phi) is 2.85. The molecule has 1 heterocycles. The molecule has 0 bridgehead atoms. The predicted octanol–water partition coefficient (Wildman–Crippen LogP) is 3.28. The van der Waals surface area contributed by atoms with Gasteiger partial charge in [-0.1, -0.05) is 26.0 Å². The van der Waals surface area contributed by atoms with Crippen LogP contribution in [0.15, 0.2) is 12.1 Å². The smallest absolute Gasteiger partial charge is 0.164 e. The van der Waals surface area contributed by atoms with Crippen LogP contribution in [0.5, 0.6) is 11.5 Å². The molecule has 1 aromatic carbocycles. The summed E-state index contributed by atoms with van der Waals surface area (Å²) in [6, 6.07) is 4.26. The van der Waals surface area contributed by atoms with Gasteiger partial charge in [-0.3, -0.25) is 0 Å². The first-order valence-corrected chi connectivity index (χ1v) is 5.59. The summed E-state index contributed by atoms with van der Waals surface area (Å²) in [6.07, 6.45) is 0.964. The van der Waals surface area contributed by atoms with E-state index >= 15 is 0 Å². The first kappa shape index (κ1) is 10.3. The second kappa shape index (κ2) is 4.13. The number of hydrogen-bond donors (Lipinski definition) is 0. The van der Waals surface area contributed by atoms with Gasteiger partial charge in [0, 0.05) is 12.0 Å². The third-order valence-corrected chi connectivity index (χ3v) is 2.74. The molecule has 1 aliphatic rings. The fraction of sp³-hybridized carbons (Fsp3) is 0.538. The van der Waals surface area contributed by atoms with Crippen molar-refractivity contribution < 1.29 is 9.47 Å². The Balaban J connectivity index is 2.51. The molecular weight excluding hydrogens is 188 g/mol. The molecule has 15 heavy (non-hydrogen) atoms. The molecular formula is C13H18O2. The molecule has 0 radical (unpaired) electrons. The summed E-state index contributed by atoms with van der Waals surface area (Å²) in [4.78, 5) is 0. The Morgan fingerprint density at radius 2 is 1.73 bits per heavy atom. The molecule has 0 saturated carbocycles. The van der Waals surface area contributed by atoms with E-state index in [0.717, 1.165) is 36.7 Å². The number of hydrogen-bond acceptors (Lipinski definition) is 2. The van der Waals surface area contributed by atoms with Crippen molar-refractivity contribution in [2.45, 2.75) is 33.1 Å². The number of aryl methyl sites for hydroxylation is 1. The van der Waals surface area contributed by atoms with E-state index in [1.807, 2.05) is 0 Å². The minimum Gasteiger partial charge on any atom is -0.489 e. The predicted molar refractivity (Wildman–Crippen MR) is 60.9 cm³/mol. The summed E-state index contributed by atoms with van der Waals surface area (Å²) in [6.45, 7) is 7.95. The summed E-state index contributed by atoms with van der Waals surface area (Å²) in [5.74, 6) is 2.38. The quantitative estimate of drug-likeness (QED) is 0.702. The molecule has 0 N–H and O–H groups in total. The fourth-order valence-corrected chi connectivity index (χ4v) is 1.87. The van der Waals surface area contributed by atoms with Crippen LogP contribution < -0.4 is 9.47 Å². The summed E-state index contributed by atoms with van der Waals surface area (Å²) >= 11 is 0. The zero-order valence-electron chi connectivity index (χ0n) is 9.67. The Hall–Kier alpha value is -1.18. The van der Waals surface area contributed by atoms with Gasteiger partial charge in [-0.05, 0) is 18.4 Å². The van der Waals surface area contributed by atoms with Crippen LogP contribution >= 0.6 is 0 Å². The summed E-state index contributed by atoms with van der Waals surface area (Å²) in [7, 11) is 0. The second-order valence-corrected chi connectivity index (χ2v) is 4.34. The lowest BCUT2D eigenvalue weighted by molar-refractivity contribution is 0.295. The molecule has 2 nitrogen and oxygen atoms in total. The Morgan fingerprint density at radius 3 is 2.40 bits per heavy atom. The van der Waals surface area contributed by atoms with E-state index in [1.165, 1.54) is 5.56 Å². The normalized spacial score (nSPS) is 15.2. The average molecular weight is 206 g/mol. The number of ether oxygens (including phenoxy) is 2. The lowest BCUT2D eigenvalue weighted by Crippen LogP contribution is -1.99. The van der Waals surface area contributed by atoms with Crippen molar-refractivity contribution in [1.29, 1.82) is 0 Å². The summed E-state index contributed by atoms with van der Waals surface area (Å²) < 4.78 is 11.5. The zero-order valence-corrected chi connectivity index (χ0v) is 9.67. The average Bonchev–Trinajstić information content (AvgIpc) is 2.43. The third kappa shape index (κ3) is 1.94. The maximum Gasteiger partial charge on any atom is 0.164 e. The van der Waals surface area contributed by atoms with Crippen LogP contribution in [-0.4, -0.2) is 13.2 Å². The van der Waals surface area contributed by atoms with Gasteiger partial charge < -0.3 is 9.47 Å². The van der Waals surface area contributed by atoms with Gasteiger partial charge in [0.05, 0.1) is 13.2 Å². The molecule has 0 fully saturated rings. The number of fused-ring (bicyclic) bond motifs is 1. The maximum absolute atomic E-state index is 5.80. The standard InChI is InChI=1S/C13H18O2/c1-9(2)11-6-5-10(3)12-13(11)15-8-4-7-14-12/h5-6,9H,4,7-8H2,1-3H3.